The van der Waals surface area contributed by atoms with E-state index in [1.165, 1.54) is 12.8 Å². The number of rotatable bonds is 5. The minimum atomic E-state index is -0.246. The minimum absolute atomic E-state index is 0.199. The number of aromatic nitrogens is 1. The van der Waals surface area contributed by atoms with Crippen LogP contribution >= 0.6 is 0 Å². The van der Waals surface area contributed by atoms with E-state index in [1.807, 2.05) is 6.07 Å². The molecule has 0 spiro atoms. The number of hydrogen-bond acceptors (Lipinski definition) is 4. The van der Waals surface area contributed by atoms with E-state index < -0.39 is 0 Å². The molecule has 3 rings (SSSR count). The Bertz CT molecular complexity index is 472. The zero-order chi connectivity index (χ0) is 13.2. The van der Waals surface area contributed by atoms with Crippen molar-refractivity contribution in [2.24, 2.45) is 5.73 Å². The predicted molar refractivity (Wildman–Crippen MR) is 73.7 cm³/mol. The molecule has 1 amide bonds. The number of carbonyl (C=O) groups is 1. The quantitative estimate of drug-likeness (QED) is 0.821. The molecule has 0 aromatic carbocycles. The Morgan fingerprint density at radius 1 is 1.47 bits per heavy atom. The molecule has 1 aliphatic carbocycles. The fraction of sp³-hybridized carbons (Fsp3) is 0.571. The third-order valence-corrected chi connectivity index (χ3v) is 3.88. The highest BCUT2D eigenvalue weighted by atomic mass is 16.1. The Balaban J connectivity index is 1.79. The van der Waals surface area contributed by atoms with Crippen molar-refractivity contribution in [3.05, 3.63) is 23.9 Å². The maximum absolute atomic E-state index is 11.5. The third-order valence-electron chi connectivity index (χ3n) is 3.88. The predicted octanol–water partition coefficient (Wildman–Crippen LogP) is 0.788. The molecule has 19 heavy (non-hydrogen) atoms. The SMILES string of the molecule is NC(=O)C1CCCN1c1ncccc1CNC1CC1. The van der Waals surface area contributed by atoms with Crippen molar-refractivity contribution in [1.82, 2.24) is 10.3 Å². The molecule has 1 unspecified atom stereocenters. The highest BCUT2D eigenvalue weighted by Crippen LogP contribution is 2.27. The summed E-state index contributed by atoms with van der Waals surface area (Å²) in [4.78, 5) is 18.0. The van der Waals surface area contributed by atoms with Crippen molar-refractivity contribution >= 4 is 11.7 Å². The minimum Gasteiger partial charge on any atom is -0.368 e. The molecule has 0 bridgehead atoms. The molecule has 1 aromatic rings. The number of anilines is 1. The van der Waals surface area contributed by atoms with Crippen molar-refractivity contribution in [3.63, 3.8) is 0 Å². The lowest BCUT2D eigenvalue weighted by atomic mass is 10.2. The van der Waals surface area contributed by atoms with E-state index in [1.54, 1.807) is 6.20 Å². The van der Waals surface area contributed by atoms with Gasteiger partial charge in [0.1, 0.15) is 11.9 Å². The molecule has 0 radical (unpaired) electrons. The topological polar surface area (TPSA) is 71.2 Å². The Morgan fingerprint density at radius 3 is 3.05 bits per heavy atom. The fourth-order valence-electron chi connectivity index (χ4n) is 2.68. The molecular formula is C14H20N4O. The maximum Gasteiger partial charge on any atom is 0.240 e. The first-order valence-electron chi connectivity index (χ1n) is 6.99. The van der Waals surface area contributed by atoms with E-state index in [0.717, 1.165) is 37.3 Å². The summed E-state index contributed by atoms with van der Waals surface area (Å²) >= 11 is 0. The van der Waals surface area contributed by atoms with Crippen LogP contribution < -0.4 is 16.0 Å². The van der Waals surface area contributed by atoms with Gasteiger partial charge in [-0.25, -0.2) is 4.98 Å². The summed E-state index contributed by atoms with van der Waals surface area (Å²) in [7, 11) is 0. The molecule has 1 atom stereocenters. The number of nitrogens with one attached hydrogen (secondary N) is 1. The molecule has 102 valence electrons. The first-order chi connectivity index (χ1) is 9.25. The maximum atomic E-state index is 11.5. The number of pyridine rings is 1. The molecule has 2 aliphatic rings. The van der Waals surface area contributed by atoms with Crippen LogP contribution in [0.2, 0.25) is 0 Å². The van der Waals surface area contributed by atoms with E-state index in [2.05, 4.69) is 21.3 Å². The van der Waals surface area contributed by atoms with Gasteiger partial charge in [-0.15, -0.1) is 0 Å². The summed E-state index contributed by atoms with van der Waals surface area (Å²) in [5.74, 6) is 0.668. The number of nitrogens with two attached hydrogens (primary N) is 1. The summed E-state index contributed by atoms with van der Waals surface area (Å²) in [6.45, 7) is 1.68. The lowest BCUT2D eigenvalue weighted by molar-refractivity contribution is -0.119. The van der Waals surface area contributed by atoms with Crippen LogP contribution in [0.25, 0.3) is 0 Å². The van der Waals surface area contributed by atoms with Gasteiger partial charge in [-0.05, 0) is 31.7 Å². The molecular weight excluding hydrogens is 240 g/mol. The molecule has 5 heteroatoms. The normalized spacial score (nSPS) is 22.7. The van der Waals surface area contributed by atoms with Crippen LogP contribution in [0.4, 0.5) is 5.82 Å². The van der Waals surface area contributed by atoms with E-state index in [0.29, 0.717) is 6.04 Å². The second-order valence-corrected chi connectivity index (χ2v) is 5.40. The molecule has 1 saturated heterocycles. The number of nitrogens with zero attached hydrogens (tertiary/aromatic N) is 2. The van der Waals surface area contributed by atoms with Crippen LogP contribution in [0, 0.1) is 0 Å². The van der Waals surface area contributed by atoms with E-state index in [9.17, 15) is 4.79 Å². The van der Waals surface area contributed by atoms with Crippen LogP contribution in [-0.4, -0.2) is 29.5 Å². The van der Waals surface area contributed by atoms with Crippen LogP contribution in [0.1, 0.15) is 31.2 Å². The first kappa shape index (κ1) is 12.4. The van der Waals surface area contributed by atoms with Crippen LogP contribution in [-0.2, 0) is 11.3 Å². The molecule has 2 fully saturated rings. The highest BCUT2D eigenvalue weighted by molar-refractivity contribution is 5.84. The molecule has 5 nitrogen and oxygen atoms in total. The number of hydrogen-bond donors (Lipinski definition) is 2. The lowest BCUT2D eigenvalue weighted by Gasteiger charge is -2.25. The van der Waals surface area contributed by atoms with Crippen molar-refractivity contribution < 1.29 is 4.79 Å². The molecule has 3 N–H and O–H groups in total. The number of amides is 1. The number of primary amides is 1. The zero-order valence-electron chi connectivity index (χ0n) is 11.0. The summed E-state index contributed by atoms with van der Waals surface area (Å²) in [6.07, 6.45) is 6.15. The van der Waals surface area contributed by atoms with Gasteiger partial charge < -0.3 is 16.0 Å². The molecule has 2 heterocycles. The van der Waals surface area contributed by atoms with Crippen molar-refractivity contribution in [2.75, 3.05) is 11.4 Å². The average Bonchev–Trinajstić information content (AvgIpc) is 3.11. The fourth-order valence-corrected chi connectivity index (χ4v) is 2.68. The van der Waals surface area contributed by atoms with Crippen LogP contribution in [0.5, 0.6) is 0 Å². The Hall–Kier alpha value is -1.62. The monoisotopic (exact) mass is 260 g/mol. The van der Waals surface area contributed by atoms with Gasteiger partial charge in [0.15, 0.2) is 0 Å². The summed E-state index contributed by atoms with van der Waals surface area (Å²) in [6, 6.07) is 4.49. The molecule has 1 saturated carbocycles. The Kier molecular flexibility index (Phi) is 3.38. The summed E-state index contributed by atoms with van der Waals surface area (Å²) < 4.78 is 0. The smallest absolute Gasteiger partial charge is 0.240 e. The lowest BCUT2D eigenvalue weighted by Crippen LogP contribution is -2.41. The second kappa shape index (κ2) is 5.17. The van der Waals surface area contributed by atoms with Crippen molar-refractivity contribution in [3.8, 4) is 0 Å². The van der Waals surface area contributed by atoms with Gasteiger partial charge in [-0.1, -0.05) is 6.07 Å². The largest absolute Gasteiger partial charge is 0.368 e. The van der Waals surface area contributed by atoms with Gasteiger partial charge >= 0.3 is 0 Å². The summed E-state index contributed by atoms with van der Waals surface area (Å²) in [5, 5.41) is 3.50. The van der Waals surface area contributed by atoms with Gasteiger partial charge in [0.2, 0.25) is 5.91 Å². The average molecular weight is 260 g/mol. The van der Waals surface area contributed by atoms with Gasteiger partial charge in [-0.2, -0.15) is 0 Å². The highest BCUT2D eigenvalue weighted by Gasteiger charge is 2.31. The van der Waals surface area contributed by atoms with E-state index >= 15 is 0 Å². The number of carbonyl (C=O) groups excluding carboxylic acids is 1. The standard InChI is InChI=1S/C14H20N4O/c15-13(19)12-4-2-8-18(12)14-10(3-1-7-16-14)9-17-11-5-6-11/h1,3,7,11-12,17H,2,4-6,8-9H2,(H2,15,19). The summed E-state index contributed by atoms with van der Waals surface area (Å²) in [5.41, 5.74) is 6.64. The van der Waals surface area contributed by atoms with Gasteiger partial charge in [-0.3, -0.25) is 4.79 Å². The zero-order valence-corrected chi connectivity index (χ0v) is 11.0. The molecule has 1 aliphatic heterocycles. The van der Waals surface area contributed by atoms with Gasteiger partial charge in [0.25, 0.3) is 0 Å². The van der Waals surface area contributed by atoms with Crippen LogP contribution in [0.15, 0.2) is 18.3 Å². The third kappa shape index (κ3) is 2.71. The van der Waals surface area contributed by atoms with Gasteiger partial charge in [0.05, 0.1) is 0 Å². The van der Waals surface area contributed by atoms with E-state index in [4.69, 9.17) is 5.73 Å². The van der Waals surface area contributed by atoms with Crippen LogP contribution in [0.3, 0.4) is 0 Å². The Labute approximate surface area is 113 Å². The van der Waals surface area contributed by atoms with Gasteiger partial charge in [0, 0.05) is 30.9 Å². The van der Waals surface area contributed by atoms with Crippen molar-refractivity contribution in [2.45, 2.75) is 44.3 Å². The van der Waals surface area contributed by atoms with Crippen molar-refractivity contribution in [1.29, 1.82) is 0 Å². The Morgan fingerprint density at radius 2 is 2.32 bits per heavy atom. The first-order valence-corrected chi connectivity index (χ1v) is 6.99. The molecule has 1 aromatic heterocycles. The van der Waals surface area contributed by atoms with E-state index in [-0.39, 0.29) is 11.9 Å². The second-order valence-electron chi connectivity index (χ2n) is 5.40.